The Morgan fingerprint density at radius 2 is 2.20 bits per heavy atom. The van der Waals surface area contributed by atoms with Crippen LogP contribution in [0.1, 0.15) is 33.6 Å². The van der Waals surface area contributed by atoms with Crippen LogP contribution in [0.3, 0.4) is 0 Å². The molecule has 15 heavy (non-hydrogen) atoms. The highest BCUT2D eigenvalue weighted by Gasteiger charge is 2.36. The fraction of sp³-hybridized carbons (Fsp3) is 0.615. The zero-order valence-corrected chi connectivity index (χ0v) is 9.79. The van der Waals surface area contributed by atoms with Gasteiger partial charge < -0.3 is 5.11 Å². The molecule has 0 saturated heterocycles. The molecule has 0 heterocycles. The third-order valence-corrected chi connectivity index (χ3v) is 3.25. The first-order valence-electron chi connectivity index (χ1n) is 5.40. The van der Waals surface area contributed by atoms with E-state index < -0.39 is 6.10 Å². The van der Waals surface area contributed by atoms with Gasteiger partial charge in [-0.3, -0.25) is 4.79 Å². The van der Waals surface area contributed by atoms with Crippen molar-refractivity contribution in [3.8, 4) is 0 Å². The molecule has 1 N–H and O–H groups in total. The number of rotatable bonds is 2. The van der Waals surface area contributed by atoms with Gasteiger partial charge in [0, 0.05) is 5.92 Å². The number of hydrogen-bond donors (Lipinski definition) is 1. The van der Waals surface area contributed by atoms with Crippen molar-refractivity contribution in [1.82, 2.24) is 0 Å². The Kier molecular flexibility index (Phi) is 3.50. The van der Waals surface area contributed by atoms with Crippen molar-refractivity contribution in [2.45, 2.75) is 39.7 Å². The molecule has 84 valence electrons. The summed E-state index contributed by atoms with van der Waals surface area (Å²) < 4.78 is 0. The lowest BCUT2D eigenvalue weighted by Crippen LogP contribution is -2.35. The lowest BCUT2D eigenvalue weighted by atomic mass is 9.65. The van der Waals surface area contributed by atoms with Crippen molar-refractivity contribution in [2.24, 2.45) is 11.3 Å². The van der Waals surface area contributed by atoms with E-state index in [1.807, 2.05) is 6.08 Å². The largest absolute Gasteiger partial charge is 0.389 e. The van der Waals surface area contributed by atoms with E-state index in [-0.39, 0.29) is 17.1 Å². The van der Waals surface area contributed by atoms with Crippen molar-refractivity contribution < 1.29 is 9.90 Å². The first-order chi connectivity index (χ1) is 6.84. The van der Waals surface area contributed by atoms with Crippen LogP contribution in [0.25, 0.3) is 0 Å². The summed E-state index contributed by atoms with van der Waals surface area (Å²) in [5.74, 6) is 0.142. The maximum Gasteiger partial charge on any atom is 0.152 e. The van der Waals surface area contributed by atoms with E-state index in [9.17, 15) is 9.90 Å². The number of ketones is 1. The molecule has 1 saturated carbocycles. The maximum absolute atomic E-state index is 10.9. The number of carbonyl (C=O) groups excluding carboxylic acids is 1. The molecule has 2 unspecified atom stereocenters. The predicted octanol–water partition coefficient (Wildman–Crippen LogP) is 2.48. The van der Waals surface area contributed by atoms with Gasteiger partial charge in [-0.05, 0) is 36.8 Å². The van der Waals surface area contributed by atoms with Gasteiger partial charge in [0.1, 0.15) is 0 Å². The van der Waals surface area contributed by atoms with Crippen molar-refractivity contribution in [3.05, 3.63) is 24.3 Å². The van der Waals surface area contributed by atoms with E-state index >= 15 is 0 Å². The zero-order valence-electron chi connectivity index (χ0n) is 9.79. The van der Waals surface area contributed by atoms with Gasteiger partial charge in [0.15, 0.2) is 5.78 Å². The molecular weight excluding hydrogens is 188 g/mol. The summed E-state index contributed by atoms with van der Waals surface area (Å²) in [6.07, 6.45) is 4.78. The molecular formula is C13H20O2. The van der Waals surface area contributed by atoms with Crippen molar-refractivity contribution in [2.75, 3.05) is 0 Å². The highest BCUT2D eigenvalue weighted by molar-refractivity contribution is 5.87. The fourth-order valence-electron chi connectivity index (χ4n) is 2.17. The average Bonchev–Trinajstić information content (AvgIpc) is 2.11. The molecule has 0 aromatic carbocycles. The smallest absolute Gasteiger partial charge is 0.152 e. The molecule has 0 amide bonds. The van der Waals surface area contributed by atoms with E-state index in [4.69, 9.17) is 0 Å². The van der Waals surface area contributed by atoms with Gasteiger partial charge >= 0.3 is 0 Å². The normalized spacial score (nSPS) is 30.8. The number of aliphatic hydroxyl groups excluding tert-OH is 1. The monoisotopic (exact) mass is 208 g/mol. The molecule has 1 aliphatic rings. The average molecular weight is 208 g/mol. The number of hydrogen-bond acceptors (Lipinski definition) is 2. The summed E-state index contributed by atoms with van der Waals surface area (Å²) in [4.78, 5) is 10.9. The second-order valence-corrected chi connectivity index (χ2v) is 5.07. The number of allylic oxidation sites excluding steroid dienone is 2. The van der Waals surface area contributed by atoms with Gasteiger partial charge in [0.2, 0.25) is 0 Å². The highest BCUT2D eigenvalue weighted by Crippen LogP contribution is 2.43. The molecule has 1 fully saturated rings. The van der Waals surface area contributed by atoms with Gasteiger partial charge in [0.05, 0.1) is 6.10 Å². The van der Waals surface area contributed by atoms with Gasteiger partial charge in [-0.2, -0.15) is 0 Å². The Hall–Kier alpha value is -0.890. The first kappa shape index (κ1) is 12.2. The van der Waals surface area contributed by atoms with E-state index in [0.29, 0.717) is 0 Å². The first-order valence-corrected chi connectivity index (χ1v) is 5.40. The Bertz CT molecular complexity index is 300. The Labute approximate surface area is 91.7 Å². The lowest BCUT2D eigenvalue weighted by Gasteiger charge is -2.41. The topological polar surface area (TPSA) is 37.3 Å². The van der Waals surface area contributed by atoms with Gasteiger partial charge in [-0.15, -0.1) is 0 Å². The third kappa shape index (κ3) is 2.78. The second kappa shape index (κ2) is 4.31. The van der Waals surface area contributed by atoms with E-state index in [2.05, 4.69) is 20.4 Å². The van der Waals surface area contributed by atoms with Crippen LogP contribution in [0.15, 0.2) is 24.3 Å². The maximum atomic E-state index is 10.9. The molecule has 2 atom stereocenters. The summed E-state index contributed by atoms with van der Waals surface area (Å²) in [5.41, 5.74) is 0.922. The number of aliphatic hydroxyl groups is 1. The minimum Gasteiger partial charge on any atom is -0.389 e. The minimum absolute atomic E-state index is 0.0404. The van der Waals surface area contributed by atoms with Crippen LogP contribution in [0.4, 0.5) is 0 Å². The van der Waals surface area contributed by atoms with Crippen molar-refractivity contribution in [1.29, 1.82) is 0 Å². The van der Waals surface area contributed by atoms with Crippen LogP contribution >= 0.6 is 0 Å². The Balaban J connectivity index is 2.88. The lowest BCUT2D eigenvalue weighted by molar-refractivity contribution is -0.112. The SMILES string of the molecule is C=C1C(O)CCC(C)(C)C1/C=C/C(C)=O. The Morgan fingerprint density at radius 3 is 2.73 bits per heavy atom. The van der Waals surface area contributed by atoms with Crippen LogP contribution in [0, 0.1) is 11.3 Å². The van der Waals surface area contributed by atoms with Gasteiger partial charge in [-0.25, -0.2) is 0 Å². The summed E-state index contributed by atoms with van der Waals surface area (Å²) >= 11 is 0. The van der Waals surface area contributed by atoms with Gasteiger partial charge in [-0.1, -0.05) is 26.5 Å². The van der Waals surface area contributed by atoms with Gasteiger partial charge in [0.25, 0.3) is 0 Å². The van der Waals surface area contributed by atoms with Crippen molar-refractivity contribution >= 4 is 5.78 Å². The molecule has 1 rings (SSSR count). The molecule has 0 spiro atoms. The predicted molar refractivity (Wildman–Crippen MR) is 61.5 cm³/mol. The van der Waals surface area contributed by atoms with E-state index in [1.165, 1.54) is 6.92 Å². The van der Waals surface area contributed by atoms with Crippen LogP contribution in [0.2, 0.25) is 0 Å². The van der Waals surface area contributed by atoms with Crippen LogP contribution in [-0.2, 0) is 4.79 Å². The Morgan fingerprint density at radius 1 is 1.60 bits per heavy atom. The van der Waals surface area contributed by atoms with E-state index in [0.717, 1.165) is 18.4 Å². The van der Waals surface area contributed by atoms with Crippen molar-refractivity contribution in [3.63, 3.8) is 0 Å². The third-order valence-electron chi connectivity index (χ3n) is 3.25. The molecule has 2 heteroatoms. The number of carbonyl (C=O) groups is 1. The molecule has 0 bridgehead atoms. The highest BCUT2D eigenvalue weighted by atomic mass is 16.3. The molecule has 0 aromatic heterocycles. The quantitative estimate of drug-likeness (QED) is 0.559. The van der Waals surface area contributed by atoms with Crippen LogP contribution in [0.5, 0.6) is 0 Å². The second-order valence-electron chi connectivity index (χ2n) is 5.07. The fourth-order valence-corrected chi connectivity index (χ4v) is 2.17. The van der Waals surface area contributed by atoms with E-state index in [1.54, 1.807) is 6.08 Å². The molecule has 0 aromatic rings. The summed E-state index contributed by atoms with van der Waals surface area (Å²) in [6, 6.07) is 0. The summed E-state index contributed by atoms with van der Waals surface area (Å²) in [6.45, 7) is 9.77. The molecule has 2 nitrogen and oxygen atoms in total. The minimum atomic E-state index is -0.417. The summed E-state index contributed by atoms with van der Waals surface area (Å²) in [7, 11) is 0. The standard InChI is InChI=1S/C13H20O2/c1-9(14)5-6-11-10(2)12(15)7-8-13(11,3)4/h5-6,11-12,15H,2,7-8H2,1,3-4H3/b6-5+. The zero-order chi connectivity index (χ0) is 11.6. The molecule has 0 aliphatic heterocycles. The van der Waals surface area contributed by atoms with Crippen LogP contribution in [-0.4, -0.2) is 17.0 Å². The summed E-state index contributed by atoms with van der Waals surface area (Å²) in [5, 5.41) is 9.73. The molecule has 0 radical (unpaired) electrons. The van der Waals surface area contributed by atoms with Crippen LogP contribution < -0.4 is 0 Å². The molecule has 1 aliphatic carbocycles.